The molecule has 1 aromatic heterocycles. The van der Waals surface area contributed by atoms with Crippen molar-refractivity contribution in [2.24, 2.45) is 4.99 Å². The summed E-state index contributed by atoms with van der Waals surface area (Å²) in [5.74, 6) is 0.815. The molecule has 4 aromatic carbocycles. The van der Waals surface area contributed by atoms with Gasteiger partial charge in [-0.25, -0.2) is 9.79 Å². The minimum absolute atomic E-state index is 0.108. The Balaban J connectivity index is 1.40. The molecule has 7 nitrogen and oxygen atoms in total. The summed E-state index contributed by atoms with van der Waals surface area (Å²) >= 11 is 7.25. The van der Waals surface area contributed by atoms with Gasteiger partial charge >= 0.3 is 5.97 Å². The van der Waals surface area contributed by atoms with Crippen molar-refractivity contribution in [3.8, 4) is 11.5 Å². The van der Waals surface area contributed by atoms with Crippen LogP contribution in [0.3, 0.4) is 0 Å². The number of aromatic nitrogens is 1. The van der Waals surface area contributed by atoms with Crippen LogP contribution in [0, 0.1) is 3.57 Å². The first kappa shape index (κ1) is 33.2. The number of allylic oxidation sites excluding steroid dienone is 1. The lowest BCUT2D eigenvalue weighted by atomic mass is 9.95. The normalized spacial score (nSPS) is 14.7. The number of carbonyl (C=O) groups is 1. The highest BCUT2D eigenvalue weighted by atomic mass is 127. The standard InChI is InChI=1S/C37H32BrIN2O5S/c1-5-44-36(43)32-22(4)40-37-41(33(32)27-15-8-9-16-30(27)46-21(2)3)35(42)31(47-37)19-23-17-28(38)34(29(39)18-23)45-20-25-13-10-12-24-11-6-7-14-26(24)25/h6-19,21,33H,5,20H2,1-4H3/b31-19+/t33-/m0/s1. The van der Waals surface area contributed by atoms with Gasteiger partial charge in [0.2, 0.25) is 0 Å². The zero-order valence-electron chi connectivity index (χ0n) is 26.3. The van der Waals surface area contributed by atoms with Crippen LogP contribution in [0.25, 0.3) is 16.8 Å². The molecule has 47 heavy (non-hydrogen) atoms. The predicted octanol–water partition coefficient (Wildman–Crippen LogP) is 7.68. The van der Waals surface area contributed by atoms with E-state index in [1.807, 2.05) is 74.5 Å². The second-order valence-corrected chi connectivity index (χ2v) is 14.3. The van der Waals surface area contributed by atoms with Gasteiger partial charge in [0, 0.05) is 5.56 Å². The highest BCUT2D eigenvalue weighted by molar-refractivity contribution is 14.1. The SMILES string of the molecule is CCOC(=O)C1=C(C)N=c2s/c(=C/c3cc(Br)c(OCc4cccc5ccccc45)c(I)c3)c(=O)n2[C@H]1c1ccccc1OC(C)C. The molecule has 0 unspecified atom stereocenters. The van der Waals surface area contributed by atoms with Gasteiger partial charge in [0.25, 0.3) is 5.56 Å². The lowest BCUT2D eigenvalue weighted by Crippen LogP contribution is -2.40. The number of nitrogens with zero attached hydrogens (tertiary/aromatic N) is 2. The summed E-state index contributed by atoms with van der Waals surface area (Å²) in [4.78, 5) is 32.8. The summed E-state index contributed by atoms with van der Waals surface area (Å²) in [7, 11) is 0. The van der Waals surface area contributed by atoms with Gasteiger partial charge in [-0.2, -0.15) is 0 Å². The highest BCUT2D eigenvalue weighted by Crippen LogP contribution is 2.37. The molecule has 0 saturated heterocycles. The molecular weight excluding hydrogens is 791 g/mol. The van der Waals surface area contributed by atoms with Gasteiger partial charge in [0.05, 0.1) is 36.6 Å². The number of fused-ring (bicyclic) bond motifs is 2. The van der Waals surface area contributed by atoms with E-state index >= 15 is 0 Å². The van der Waals surface area contributed by atoms with E-state index in [-0.39, 0.29) is 18.3 Å². The first-order valence-electron chi connectivity index (χ1n) is 15.2. The van der Waals surface area contributed by atoms with Crippen molar-refractivity contribution in [1.82, 2.24) is 4.57 Å². The fourth-order valence-electron chi connectivity index (χ4n) is 5.67. The molecule has 0 spiro atoms. The van der Waals surface area contributed by atoms with E-state index in [1.165, 1.54) is 16.7 Å². The maximum Gasteiger partial charge on any atom is 0.338 e. The van der Waals surface area contributed by atoms with Crippen LogP contribution in [-0.2, 0) is 16.1 Å². The number of hydrogen-bond acceptors (Lipinski definition) is 7. The summed E-state index contributed by atoms with van der Waals surface area (Å²) < 4.78 is 21.7. The molecule has 0 fully saturated rings. The average Bonchev–Trinajstić information content (AvgIpc) is 3.33. The van der Waals surface area contributed by atoms with E-state index in [0.717, 1.165) is 30.3 Å². The van der Waals surface area contributed by atoms with Gasteiger partial charge < -0.3 is 14.2 Å². The van der Waals surface area contributed by atoms with Gasteiger partial charge in [-0.3, -0.25) is 9.36 Å². The molecule has 5 aromatic rings. The van der Waals surface area contributed by atoms with Crippen molar-refractivity contribution < 1.29 is 19.0 Å². The van der Waals surface area contributed by atoms with Crippen molar-refractivity contribution in [3.63, 3.8) is 0 Å². The molecule has 0 aliphatic carbocycles. The average molecular weight is 824 g/mol. The molecule has 1 aliphatic rings. The van der Waals surface area contributed by atoms with Gasteiger partial charge in [-0.1, -0.05) is 72.0 Å². The Hall–Kier alpha value is -3.74. The molecule has 1 aliphatic heterocycles. The Kier molecular flexibility index (Phi) is 10.00. The third kappa shape index (κ3) is 6.81. The molecule has 2 heterocycles. The Labute approximate surface area is 298 Å². The van der Waals surface area contributed by atoms with Crippen LogP contribution in [0.5, 0.6) is 11.5 Å². The number of thiazole rings is 1. The number of benzene rings is 4. The minimum Gasteiger partial charge on any atom is -0.491 e. The van der Waals surface area contributed by atoms with Crippen LogP contribution in [0.4, 0.5) is 0 Å². The summed E-state index contributed by atoms with van der Waals surface area (Å²) in [5, 5.41) is 2.33. The summed E-state index contributed by atoms with van der Waals surface area (Å²) in [5.41, 5.74) is 3.18. The van der Waals surface area contributed by atoms with Crippen molar-refractivity contribution in [2.45, 2.75) is 46.4 Å². The molecular formula is C37H32BrIN2O5S. The molecule has 1 atom stereocenters. The van der Waals surface area contributed by atoms with Gasteiger partial charge in [0.1, 0.15) is 24.1 Å². The molecule has 0 saturated carbocycles. The minimum atomic E-state index is -0.765. The molecule has 6 rings (SSSR count). The Bertz CT molecular complexity index is 2190. The maximum atomic E-state index is 14.2. The van der Waals surface area contributed by atoms with Crippen LogP contribution < -0.4 is 24.4 Å². The van der Waals surface area contributed by atoms with Crippen molar-refractivity contribution >= 4 is 72.7 Å². The van der Waals surface area contributed by atoms with Crippen LogP contribution in [0.2, 0.25) is 0 Å². The third-order valence-corrected chi connectivity index (χ3v) is 10.0. The monoisotopic (exact) mass is 822 g/mol. The first-order chi connectivity index (χ1) is 22.7. The maximum absolute atomic E-state index is 14.2. The topological polar surface area (TPSA) is 79.1 Å². The number of hydrogen-bond donors (Lipinski definition) is 0. The molecule has 0 N–H and O–H groups in total. The number of ether oxygens (including phenoxy) is 3. The highest BCUT2D eigenvalue weighted by Gasteiger charge is 2.35. The van der Waals surface area contributed by atoms with Crippen LogP contribution >= 0.6 is 49.9 Å². The Morgan fingerprint density at radius 3 is 2.60 bits per heavy atom. The quantitative estimate of drug-likeness (QED) is 0.113. The molecule has 0 radical (unpaired) electrons. The Morgan fingerprint density at radius 1 is 1.09 bits per heavy atom. The molecule has 0 bridgehead atoms. The summed E-state index contributed by atoms with van der Waals surface area (Å²) in [6.07, 6.45) is 1.74. The van der Waals surface area contributed by atoms with Crippen molar-refractivity contribution in [2.75, 3.05) is 6.61 Å². The largest absolute Gasteiger partial charge is 0.491 e. The number of para-hydroxylation sites is 1. The fourth-order valence-corrected chi connectivity index (χ4v) is 8.49. The first-order valence-corrected chi connectivity index (χ1v) is 17.9. The zero-order chi connectivity index (χ0) is 33.2. The second kappa shape index (κ2) is 14.2. The fraction of sp³-hybridized carbons (Fsp3) is 0.216. The van der Waals surface area contributed by atoms with E-state index < -0.39 is 12.0 Å². The van der Waals surface area contributed by atoms with Crippen molar-refractivity contribution in [1.29, 1.82) is 0 Å². The van der Waals surface area contributed by atoms with Crippen molar-refractivity contribution in [3.05, 3.63) is 135 Å². The molecule has 240 valence electrons. The number of carbonyl (C=O) groups excluding carboxylic acids is 1. The van der Waals surface area contributed by atoms with Crippen LogP contribution in [0.1, 0.15) is 50.4 Å². The lowest BCUT2D eigenvalue weighted by Gasteiger charge is -2.26. The molecule has 0 amide bonds. The Morgan fingerprint density at radius 2 is 1.83 bits per heavy atom. The number of rotatable bonds is 9. The smallest absolute Gasteiger partial charge is 0.338 e. The number of esters is 1. The predicted molar refractivity (Wildman–Crippen MR) is 198 cm³/mol. The summed E-state index contributed by atoms with van der Waals surface area (Å²) in [6.45, 7) is 8.03. The zero-order valence-corrected chi connectivity index (χ0v) is 30.8. The molecule has 10 heteroatoms. The van der Waals surface area contributed by atoms with E-state index in [1.54, 1.807) is 18.4 Å². The van der Waals surface area contributed by atoms with Crippen LogP contribution in [0.15, 0.2) is 104 Å². The van der Waals surface area contributed by atoms with E-state index in [2.05, 4.69) is 62.8 Å². The van der Waals surface area contributed by atoms with Crippen LogP contribution in [-0.4, -0.2) is 23.2 Å². The second-order valence-electron chi connectivity index (χ2n) is 11.2. The van der Waals surface area contributed by atoms with Gasteiger partial charge in [-0.15, -0.1) is 0 Å². The third-order valence-electron chi connectivity index (χ3n) is 7.66. The number of halogens is 2. The van der Waals surface area contributed by atoms with E-state index in [0.29, 0.717) is 38.5 Å². The lowest BCUT2D eigenvalue weighted by molar-refractivity contribution is -0.139. The summed E-state index contributed by atoms with van der Waals surface area (Å²) in [6, 6.07) is 25.1. The van der Waals surface area contributed by atoms with E-state index in [9.17, 15) is 9.59 Å². The van der Waals surface area contributed by atoms with E-state index in [4.69, 9.17) is 19.2 Å². The van der Waals surface area contributed by atoms with Gasteiger partial charge in [-0.05, 0) is 112 Å². The van der Waals surface area contributed by atoms with Gasteiger partial charge in [0.15, 0.2) is 4.80 Å².